The molecule has 5 heteroatoms. The van der Waals surface area contributed by atoms with E-state index in [1.165, 1.54) is 0 Å². The molecule has 0 bridgehead atoms. The van der Waals surface area contributed by atoms with Crippen molar-refractivity contribution in [1.29, 1.82) is 0 Å². The third kappa shape index (κ3) is 3.07. The maximum absolute atomic E-state index is 11.6. The molecule has 0 saturated carbocycles. The molecule has 0 radical (unpaired) electrons. The van der Waals surface area contributed by atoms with Gasteiger partial charge >= 0.3 is 7.60 Å². The molecule has 0 aromatic rings. The summed E-state index contributed by atoms with van der Waals surface area (Å²) in [5, 5.41) is 10.4. The van der Waals surface area contributed by atoms with E-state index in [0.29, 0.717) is 0 Å². The quantitative estimate of drug-likeness (QED) is 0.593. The van der Waals surface area contributed by atoms with Gasteiger partial charge in [-0.15, -0.1) is 6.61 Å². The maximum Gasteiger partial charge on any atom is 0.355 e. The van der Waals surface area contributed by atoms with Crippen LogP contribution in [0.4, 0.5) is 0 Å². The van der Waals surface area contributed by atoms with Gasteiger partial charge in [-0.2, -0.15) is 0 Å². The van der Waals surface area contributed by atoms with E-state index in [1.54, 1.807) is 13.8 Å². The first-order valence-corrected chi connectivity index (χ1v) is 5.30. The van der Waals surface area contributed by atoms with E-state index in [0.717, 1.165) is 0 Å². The minimum atomic E-state index is -3.32. The van der Waals surface area contributed by atoms with Gasteiger partial charge in [-0.25, -0.2) is 0 Å². The van der Waals surface area contributed by atoms with Gasteiger partial charge in [0.05, 0.1) is 13.2 Å². The first kappa shape index (κ1) is 11.8. The van der Waals surface area contributed by atoms with Crippen LogP contribution < -0.4 is 5.11 Å². The van der Waals surface area contributed by atoms with Gasteiger partial charge in [-0.3, -0.25) is 4.57 Å². The summed E-state index contributed by atoms with van der Waals surface area (Å²) in [6, 6.07) is 0. The third-order valence-electron chi connectivity index (χ3n) is 1.15. The minimum absolute atomic E-state index is 0.00815. The predicted molar refractivity (Wildman–Crippen MR) is 44.9 cm³/mol. The molecule has 0 aliphatic carbocycles. The van der Waals surface area contributed by atoms with Crippen molar-refractivity contribution in [3.8, 4) is 0 Å². The van der Waals surface area contributed by atoms with Crippen LogP contribution in [0.3, 0.4) is 0 Å². The Morgan fingerprint density at radius 1 is 1.42 bits per heavy atom. The lowest BCUT2D eigenvalue weighted by molar-refractivity contribution is -0.354. The van der Waals surface area contributed by atoms with E-state index >= 15 is 0 Å². The van der Waals surface area contributed by atoms with E-state index in [-0.39, 0.29) is 18.5 Å². The van der Waals surface area contributed by atoms with E-state index < -0.39 is 14.2 Å². The second-order valence-electron chi connectivity index (χ2n) is 2.04. The zero-order valence-electron chi connectivity index (χ0n) is 7.41. The van der Waals surface area contributed by atoms with Crippen molar-refractivity contribution in [3.63, 3.8) is 0 Å². The SMILES string of the molecule is C=C(C[O-])P(=O)(OCC)OCC. The van der Waals surface area contributed by atoms with Gasteiger partial charge in [0.1, 0.15) is 0 Å². The summed E-state index contributed by atoms with van der Waals surface area (Å²) >= 11 is 0. The van der Waals surface area contributed by atoms with Gasteiger partial charge in [0.15, 0.2) is 0 Å². The number of hydrogen-bond donors (Lipinski definition) is 0. The lowest BCUT2D eigenvalue weighted by atomic mass is 10.7. The zero-order valence-corrected chi connectivity index (χ0v) is 8.30. The van der Waals surface area contributed by atoms with Crippen molar-refractivity contribution >= 4 is 7.60 Å². The molecule has 0 spiro atoms. The maximum atomic E-state index is 11.6. The second kappa shape index (κ2) is 5.49. The molecule has 0 aliphatic heterocycles. The van der Waals surface area contributed by atoms with Crippen LogP contribution in [0.25, 0.3) is 0 Å². The van der Waals surface area contributed by atoms with Crippen LogP contribution in [0.15, 0.2) is 11.9 Å². The summed E-state index contributed by atoms with van der Waals surface area (Å²) in [6.45, 7) is 6.59. The Labute approximate surface area is 72.7 Å². The fraction of sp³-hybridized carbons (Fsp3) is 0.714. The third-order valence-corrected chi connectivity index (χ3v) is 3.25. The van der Waals surface area contributed by atoms with Crippen molar-refractivity contribution in [2.75, 3.05) is 19.8 Å². The molecule has 0 aromatic carbocycles. The van der Waals surface area contributed by atoms with Crippen LogP contribution in [-0.4, -0.2) is 19.8 Å². The predicted octanol–water partition coefficient (Wildman–Crippen LogP) is 1.13. The summed E-state index contributed by atoms with van der Waals surface area (Å²) in [5.74, 6) is 0. The molecule has 0 aliphatic rings. The lowest BCUT2D eigenvalue weighted by Crippen LogP contribution is -2.11. The second-order valence-corrected chi connectivity index (χ2v) is 4.19. The van der Waals surface area contributed by atoms with Crippen molar-refractivity contribution in [2.45, 2.75) is 13.8 Å². The fourth-order valence-electron chi connectivity index (χ4n) is 0.639. The molecule has 0 fully saturated rings. The fourth-order valence-corrected chi connectivity index (χ4v) is 1.92. The van der Waals surface area contributed by atoms with Gasteiger partial charge in [0.2, 0.25) is 0 Å². The lowest BCUT2D eigenvalue weighted by Gasteiger charge is -2.20. The van der Waals surface area contributed by atoms with E-state index in [1.807, 2.05) is 0 Å². The van der Waals surface area contributed by atoms with Gasteiger partial charge in [0, 0.05) is 5.31 Å². The molecule has 0 atom stereocenters. The highest BCUT2D eigenvalue weighted by Gasteiger charge is 2.24. The molecule has 4 nitrogen and oxygen atoms in total. The van der Waals surface area contributed by atoms with Crippen LogP contribution in [0, 0.1) is 0 Å². The van der Waals surface area contributed by atoms with Gasteiger partial charge in [-0.1, -0.05) is 6.58 Å². The Morgan fingerprint density at radius 3 is 2.08 bits per heavy atom. The van der Waals surface area contributed by atoms with Crippen molar-refractivity contribution in [3.05, 3.63) is 11.9 Å². The highest BCUT2D eigenvalue weighted by atomic mass is 31.2. The molecule has 72 valence electrons. The number of hydrogen-bond acceptors (Lipinski definition) is 4. The summed E-state index contributed by atoms with van der Waals surface area (Å²) < 4.78 is 21.3. The Hall–Kier alpha value is -0.150. The number of rotatable bonds is 6. The van der Waals surface area contributed by atoms with Crippen LogP contribution in [0.2, 0.25) is 0 Å². The van der Waals surface area contributed by atoms with E-state index in [9.17, 15) is 9.67 Å². The van der Waals surface area contributed by atoms with Crippen LogP contribution in [0.5, 0.6) is 0 Å². The molecule has 0 heterocycles. The standard InChI is InChI=1S/C7H14O4P/c1-4-10-12(9,11-5-2)7(3)6-8/h3-6H2,1-2H3/q-1. The zero-order chi connectivity index (χ0) is 9.61. The highest BCUT2D eigenvalue weighted by Crippen LogP contribution is 2.54. The van der Waals surface area contributed by atoms with Crippen molar-refractivity contribution in [2.24, 2.45) is 0 Å². The normalized spacial score (nSPS) is 11.6. The highest BCUT2D eigenvalue weighted by molar-refractivity contribution is 7.58. The summed E-state index contributed by atoms with van der Waals surface area (Å²) in [7, 11) is -3.32. The van der Waals surface area contributed by atoms with Gasteiger partial charge in [0.25, 0.3) is 0 Å². The molecule has 0 N–H and O–H groups in total. The average Bonchev–Trinajstić information content (AvgIpc) is 2.04. The van der Waals surface area contributed by atoms with Crippen LogP contribution in [-0.2, 0) is 13.6 Å². The topological polar surface area (TPSA) is 58.6 Å². The van der Waals surface area contributed by atoms with E-state index in [2.05, 4.69) is 6.58 Å². The molecule has 0 rings (SSSR count). The van der Waals surface area contributed by atoms with Crippen LogP contribution >= 0.6 is 7.60 Å². The first-order valence-electron chi connectivity index (χ1n) is 3.76. The Kier molecular flexibility index (Phi) is 5.42. The van der Waals surface area contributed by atoms with Crippen molar-refractivity contribution < 1.29 is 18.7 Å². The van der Waals surface area contributed by atoms with Gasteiger partial charge in [-0.05, 0) is 13.8 Å². The Morgan fingerprint density at radius 2 is 1.83 bits per heavy atom. The molecular weight excluding hydrogens is 179 g/mol. The summed E-state index contributed by atoms with van der Waals surface area (Å²) in [4.78, 5) is 0. The molecule has 0 unspecified atom stereocenters. The molecular formula is C7H14O4P-. The molecule has 0 aromatic heterocycles. The first-order chi connectivity index (χ1) is 5.60. The van der Waals surface area contributed by atoms with Gasteiger partial charge < -0.3 is 14.2 Å². The molecule has 0 amide bonds. The molecule has 12 heavy (non-hydrogen) atoms. The summed E-state index contributed by atoms with van der Waals surface area (Å²) in [5.41, 5.74) is 0. The minimum Gasteiger partial charge on any atom is -0.851 e. The van der Waals surface area contributed by atoms with Crippen LogP contribution in [0.1, 0.15) is 13.8 Å². The largest absolute Gasteiger partial charge is 0.851 e. The Balaban J connectivity index is 4.38. The average molecular weight is 193 g/mol. The van der Waals surface area contributed by atoms with Crippen molar-refractivity contribution in [1.82, 2.24) is 0 Å². The summed E-state index contributed by atoms with van der Waals surface area (Å²) in [6.07, 6.45) is 0. The monoisotopic (exact) mass is 193 g/mol. The Bertz CT molecular complexity index is 180. The smallest absolute Gasteiger partial charge is 0.355 e. The molecule has 0 saturated heterocycles. The van der Waals surface area contributed by atoms with E-state index in [4.69, 9.17) is 9.05 Å².